The highest BCUT2D eigenvalue weighted by Crippen LogP contribution is 2.19. The fraction of sp³-hybridized carbons (Fsp3) is 0.0833. The Morgan fingerprint density at radius 3 is 2.60 bits per heavy atom. The Hall–Kier alpha value is -1.35. The standard InChI is InChI=1S/C12H11BrN2/c1-10-14-7-8-15(10)12(9-13)11-5-3-2-4-6-11/h2-9H,1H3/b12-9-. The molecule has 0 spiro atoms. The van der Waals surface area contributed by atoms with E-state index < -0.39 is 0 Å². The van der Waals surface area contributed by atoms with Crippen LogP contribution in [-0.2, 0) is 0 Å². The first-order chi connectivity index (χ1) is 7.33. The second-order valence-electron chi connectivity index (χ2n) is 3.20. The summed E-state index contributed by atoms with van der Waals surface area (Å²) in [6.45, 7) is 1.99. The first-order valence-electron chi connectivity index (χ1n) is 4.69. The second kappa shape index (κ2) is 4.45. The summed E-state index contributed by atoms with van der Waals surface area (Å²) in [5, 5.41) is 0. The van der Waals surface area contributed by atoms with Crippen LogP contribution in [0.4, 0.5) is 0 Å². The summed E-state index contributed by atoms with van der Waals surface area (Å²) < 4.78 is 2.05. The Kier molecular flexibility index (Phi) is 3.02. The van der Waals surface area contributed by atoms with Gasteiger partial charge in [-0.2, -0.15) is 0 Å². The second-order valence-corrected chi connectivity index (χ2v) is 3.66. The molecule has 0 aliphatic rings. The lowest BCUT2D eigenvalue weighted by Gasteiger charge is -2.09. The molecule has 0 N–H and O–H groups in total. The number of halogens is 1. The van der Waals surface area contributed by atoms with Crippen LogP contribution in [-0.4, -0.2) is 9.55 Å². The van der Waals surface area contributed by atoms with Crippen molar-refractivity contribution in [3.63, 3.8) is 0 Å². The molecule has 0 fully saturated rings. The third kappa shape index (κ3) is 2.02. The minimum absolute atomic E-state index is 0.976. The van der Waals surface area contributed by atoms with Crippen LogP contribution in [0.5, 0.6) is 0 Å². The fourth-order valence-corrected chi connectivity index (χ4v) is 1.98. The molecule has 0 atom stereocenters. The van der Waals surface area contributed by atoms with Crippen molar-refractivity contribution in [2.24, 2.45) is 0 Å². The third-order valence-corrected chi connectivity index (χ3v) is 2.69. The lowest BCUT2D eigenvalue weighted by atomic mass is 10.2. The van der Waals surface area contributed by atoms with Crippen LogP contribution in [0.25, 0.3) is 5.70 Å². The van der Waals surface area contributed by atoms with Gasteiger partial charge in [-0.15, -0.1) is 0 Å². The molecule has 2 rings (SSSR count). The van der Waals surface area contributed by atoms with E-state index in [1.165, 1.54) is 0 Å². The highest BCUT2D eigenvalue weighted by atomic mass is 79.9. The van der Waals surface area contributed by atoms with E-state index in [2.05, 4.69) is 33.0 Å². The molecule has 0 saturated heterocycles. The van der Waals surface area contributed by atoms with Gasteiger partial charge in [0.25, 0.3) is 0 Å². The predicted octanol–water partition coefficient (Wildman–Crippen LogP) is 3.43. The molecule has 1 aromatic carbocycles. The molecule has 0 aliphatic carbocycles. The van der Waals surface area contributed by atoms with Gasteiger partial charge in [0.05, 0.1) is 5.70 Å². The monoisotopic (exact) mass is 262 g/mol. The molecular formula is C12H11BrN2. The van der Waals surface area contributed by atoms with E-state index in [4.69, 9.17) is 0 Å². The maximum atomic E-state index is 4.21. The van der Waals surface area contributed by atoms with Crippen molar-refractivity contribution in [1.82, 2.24) is 9.55 Å². The van der Waals surface area contributed by atoms with Gasteiger partial charge in [0.15, 0.2) is 0 Å². The molecule has 2 nitrogen and oxygen atoms in total. The number of nitrogens with zero attached hydrogens (tertiary/aromatic N) is 2. The minimum atomic E-state index is 0.976. The van der Waals surface area contributed by atoms with Crippen molar-refractivity contribution in [3.05, 3.63) is 59.1 Å². The van der Waals surface area contributed by atoms with Crippen LogP contribution in [0.1, 0.15) is 11.4 Å². The molecule has 3 heteroatoms. The van der Waals surface area contributed by atoms with Crippen molar-refractivity contribution in [2.75, 3.05) is 0 Å². The van der Waals surface area contributed by atoms with Gasteiger partial charge in [-0.1, -0.05) is 46.3 Å². The zero-order chi connectivity index (χ0) is 10.7. The van der Waals surface area contributed by atoms with E-state index in [0.717, 1.165) is 17.1 Å². The molecule has 0 bridgehead atoms. The lowest BCUT2D eigenvalue weighted by Crippen LogP contribution is -1.99. The van der Waals surface area contributed by atoms with Gasteiger partial charge < -0.3 is 4.57 Å². The smallest absolute Gasteiger partial charge is 0.110 e. The Morgan fingerprint density at radius 1 is 1.33 bits per heavy atom. The molecule has 76 valence electrons. The number of aromatic nitrogens is 2. The van der Waals surface area contributed by atoms with Crippen molar-refractivity contribution in [2.45, 2.75) is 6.92 Å². The molecular weight excluding hydrogens is 252 g/mol. The molecule has 1 aromatic heterocycles. The Labute approximate surface area is 97.4 Å². The van der Waals surface area contributed by atoms with Crippen molar-refractivity contribution in [1.29, 1.82) is 0 Å². The van der Waals surface area contributed by atoms with Gasteiger partial charge in [0.2, 0.25) is 0 Å². The van der Waals surface area contributed by atoms with Crippen LogP contribution in [0, 0.1) is 6.92 Å². The summed E-state index contributed by atoms with van der Waals surface area (Å²) in [5.74, 6) is 0.976. The summed E-state index contributed by atoms with van der Waals surface area (Å²) >= 11 is 3.40. The summed E-state index contributed by atoms with van der Waals surface area (Å²) in [5.41, 5.74) is 2.25. The van der Waals surface area contributed by atoms with E-state index in [-0.39, 0.29) is 0 Å². The van der Waals surface area contributed by atoms with E-state index in [1.807, 2.05) is 40.9 Å². The topological polar surface area (TPSA) is 17.8 Å². The van der Waals surface area contributed by atoms with Crippen LogP contribution in [0.3, 0.4) is 0 Å². The molecule has 0 radical (unpaired) electrons. The lowest BCUT2D eigenvalue weighted by molar-refractivity contribution is 1.00. The minimum Gasteiger partial charge on any atom is -0.303 e. The average Bonchev–Trinajstić information content (AvgIpc) is 2.68. The first kappa shape index (κ1) is 10.2. The summed E-state index contributed by atoms with van der Waals surface area (Å²) in [7, 11) is 0. The molecule has 0 aliphatic heterocycles. The fourth-order valence-electron chi connectivity index (χ4n) is 1.50. The maximum Gasteiger partial charge on any atom is 0.110 e. The van der Waals surface area contributed by atoms with E-state index in [0.29, 0.717) is 0 Å². The average molecular weight is 263 g/mol. The summed E-state index contributed by atoms with van der Waals surface area (Å²) in [6.07, 6.45) is 3.75. The number of hydrogen-bond donors (Lipinski definition) is 0. The van der Waals surface area contributed by atoms with Gasteiger partial charge in [0, 0.05) is 17.4 Å². The number of hydrogen-bond acceptors (Lipinski definition) is 1. The largest absolute Gasteiger partial charge is 0.303 e. The molecule has 1 heterocycles. The third-order valence-electron chi connectivity index (χ3n) is 2.26. The van der Waals surface area contributed by atoms with Gasteiger partial charge in [0.1, 0.15) is 5.82 Å². The zero-order valence-electron chi connectivity index (χ0n) is 8.39. The normalized spacial score (nSPS) is 11.7. The zero-order valence-corrected chi connectivity index (χ0v) is 9.98. The maximum absolute atomic E-state index is 4.21. The summed E-state index contributed by atoms with van der Waals surface area (Å²) in [4.78, 5) is 6.13. The van der Waals surface area contributed by atoms with Gasteiger partial charge in [-0.25, -0.2) is 4.98 Å². The van der Waals surface area contributed by atoms with Crippen molar-refractivity contribution < 1.29 is 0 Å². The van der Waals surface area contributed by atoms with Gasteiger partial charge in [-0.3, -0.25) is 0 Å². The Bertz CT molecular complexity index is 471. The molecule has 0 unspecified atom stereocenters. The summed E-state index contributed by atoms with van der Waals surface area (Å²) in [6, 6.07) is 10.2. The van der Waals surface area contributed by atoms with Crippen LogP contribution in [0.15, 0.2) is 47.7 Å². The van der Waals surface area contributed by atoms with Crippen LogP contribution >= 0.6 is 15.9 Å². The number of benzene rings is 1. The SMILES string of the molecule is Cc1nccn1/C(=C\Br)c1ccccc1. The molecule has 2 aromatic rings. The highest BCUT2D eigenvalue weighted by Gasteiger charge is 2.04. The Balaban J connectivity index is 2.48. The molecule has 0 saturated carbocycles. The van der Waals surface area contributed by atoms with Crippen molar-refractivity contribution >= 4 is 21.6 Å². The van der Waals surface area contributed by atoms with Crippen LogP contribution in [0.2, 0.25) is 0 Å². The highest BCUT2D eigenvalue weighted by molar-refractivity contribution is 9.11. The number of imidazole rings is 1. The van der Waals surface area contributed by atoms with Crippen LogP contribution < -0.4 is 0 Å². The number of rotatable bonds is 2. The van der Waals surface area contributed by atoms with E-state index >= 15 is 0 Å². The van der Waals surface area contributed by atoms with E-state index in [1.54, 1.807) is 6.20 Å². The first-order valence-corrected chi connectivity index (χ1v) is 5.60. The van der Waals surface area contributed by atoms with Crippen molar-refractivity contribution in [3.8, 4) is 0 Å². The van der Waals surface area contributed by atoms with E-state index in [9.17, 15) is 0 Å². The quantitative estimate of drug-likeness (QED) is 0.811. The van der Waals surface area contributed by atoms with Gasteiger partial charge in [-0.05, 0) is 12.5 Å². The van der Waals surface area contributed by atoms with Gasteiger partial charge >= 0.3 is 0 Å². The molecule has 0 amide bonds. The molecule has 15 heavy (non-hydrogen) atoms. The number of aryl methyl sites for hydroxylation is 1. The predicted molar refractivity (Wildman–Crippen MR) is 65.7 cm³/mol. The Morgan fingerprint density at radius 2 is 2.07 bits per heavy atom.